The molecule has 2 bridgehead atoms. The van der Waals surface area contributed by atoms with Crippen molar-refractivity contribution in [1.82, 2.24) is 14.8 Å². The molecule has 0 aliphatic carbocycles. The molecule has 2 aromatic heterocycles. The number of methoxy groups -OCH3 is 1. The number of H-pyrrole nitrogens is 1. The number of hydrogen-bond donors (Lipinski definition) is 1. The van der Waals surface area contributed by atoms with Gasteiger partial charge in [0.05, 0.1) is 29.6 Å². The van der Waals surface area contributed by atoms with Crippen LogP contribution in [-0.4, -0.2) is 33.6 Å². The lowest BCUT2D eigenvalue weighted by Gasteiger charge is -2.44. The van der Waals surface area contributed by atoms with Gasteiger partial charge in [0.15, 0.2) is 4.80 Å². The van der Waals surface area contributed by atoms with Crippen molar-refractivity contribution in [3.05, 3.63) is 91.6 Å². The molecule has 2 aromatic carbocycles. The van der Waals surface area contributed by atoms with Crippen LogP contribution in [0.5, 0.6) is 5.75 Å². The Morgan fingerprint density at radius 1 is 1.21 bits per heavy atom. The minimum atomic E-state index is -1.19. The minimum absolute atomic E-state index is 0.221. The third kappa shape index (κ3) is 2.97. The Hall–Kier alpha value is -3.98. The van der Waals surface area contributed by atoms with Crippen LogP contribution in [0.3, 0.4) is 0 Å². The summed E-state index contributed by atoms with van der Waals surface area (Å²) in [5, 5.41) is 7.20. The van der Waals surface area contributed by atoms with Gasteiger partial charge in [-0.25, -0.2) is 4.99 Å². The van der Waals surface area contributed by atoms with Crippen molar-refractivity contribution < 1.29 is 14.3 Å². The Morgan fingerprint density at radius 2 is 1.97 bits per heavy atom. The van der Waals surface area contributed by atoms with Gasteiger partial charge >= 0.3 is 5.97 Å². The molecule has 34 heavy (non-hydrogen) atoms. The van der Waals surface area contributed by atoms with E-state index in [0.29, 0.717) is 15.1 Å². The molecule has 4 heterocycles. The summed E-state index contributed by atoms with van der Waals surface area (Å²) in [6.07, 6.45) is 3.50. The average Bonchev–Trinajstić information content (AvgIpc) is 3.42. The second kappa shape index (κ2) is 7.53. The SMILES string of the molecule is COC(=O)[C@H]1[C@H]2c3ccccc3O[C@]1(C)N=c1s/c(=C\c3cn[nH]c3-c3ccccc3)c(=O)n12. The summed E-state index contributed by atoms with van der Waals surface area (Å²) < 4.78 is 13.4. The van der Waals surface area contributed by atoms with Gasteiger partial charge in [0.25, 0.3) is 5.56 Å². The predicted octanol–water partition coefficient (Wildman–Crippen LogP) is 2.25. The highest BCUT2D eigenvalue weighted by molar-refractivity contribution is 7.07. The van der Waals surface area contributed by atoms with Gasteiger partial charge in [-0.05, 0) is 19.1 Å². The van der Waals surface area contributed by atoms with Crippen LogP contribution in [0.15, 0.2) is 70.6 Å². The molecule has 0 unspecified atom stereocenters. The van der Waals surface area contributed by atoms with E-state index in [1.165, 1.54) is 18.4 Å². The topological polar surface area (TPSA) is 98.6 Å². The van der Waals surface area contributed by atoms with E-state index in [4.69, 9.17) is 14.5 Å². The first-order valence-corrected chi connectivity index (χ1v) is 11.6. The number of para-hydroxylation sites is 1. The zero-order chi connectivity index (χ0) is 23.4. The molecule has 0 amide bonds. The van der Waals surface area contributed by atoms with Crippen molar-refractivity contribution in [2.45, 2.75) is 18.7 Å². The number of esters is 1. The molecule has 0 fully saturated rings. The van der Waals surface area contributed by atoms with Crippen LogP contribution in [0, 0.1) is 5.92 Å². The number of benzene rings is 2. The van der Waals surface area contributed by atoms with Crippen molar-refractivity contribution in [3.63, 3.8) is 0 Å². The molecule has 2 aliphatic heterocycles. The number of fused-ring (bicyclic) bond motifs is 6. The summed E-state index contributed by atoms with van der Waals surface area (Å²) in [6.45, 7) is 1.76. The Labute approximate surface area is 197 Å². The van der Waals surface area contributed by atoms with Crippen molar-refractivity contribution in [1.29, 1.82) is 0 Å². The summed E-state index contributed by atoms with van der Waals surface area (Å²) in [5.74, 6) is -0.663. The summed E-state index contributed by atoms with van der Waals surface area (Å²) in [6, 6.07) is 16.6. The molecule has 170 valence electrons. The number of nitrogens with one attached hydrogen (secondary N) is 1. The molecule has 8 nitrogen and oxygen atoms in total. The van der Waals surface area contributed by atoms with E-state index in [9.17, 15) is 9.59 Å². The number of thiazole rings is 1. The van der Waals surface area contributed by atoms with Crippen LogP contribution >= 0.6 is 11.3 Å². The van der Waals surface area contributed by atoms with E-state index in [-0.39, 0.29) is 5.56 Å². The average molecular weight is 473 g/mol. The lowest BCUT2D eigenvalue weighted by molar-refractivity contribution is -0.158. The maximum absolute atomic E-state index is 13.7. The number of ether oxygens (including phenoxy) is 2. The fraction of sp³-hybridized carbons (Fsp3) is 0.200. The molecule has 9 heteroatoms. The summed E-state index contributed by atoms with van der Waals surface area (Å²) in [5.41, 5.74) is 1.92. The number of hydrogen-bond acceptors (Lipinski definition) is 7. The highest BCUT2D eigenvalue weighted by Crippen LogP contribution is 2.47. The van der Waals surface area contributed by atoms with E-state index in [1.54, 1.807) is 17.7 Å². The van der Waals surface area contributed by atoms with Crippen LogP contribution in [0.25, 0.3) is 17.3 Å². The van der Waals surface area contributed by atoms with Crippen LogP contribution < -0.4 is 19.6 Å². The molecule has 2 aliphatic rings. The molecular formula is C25H20N4O4S. The Bertz CT molecular complexity index is 1600. The second-order valence-electron chi connectivity index (χ2n) is 8.39. The van der Waals surface area contributed by atoms with Gasteiger partial charge < -0.3 is 9.47 Å². The van der Waals surface area contributed by atoms with Crippen molar-refractivity contribution in [2.75, 3.05) is 7.11 Å². The van der Waals surface area contributed by atoms with Crippen molar-refractivity contribution in [2.24, 2.45) is 10.9 Å². The van der Waals surface area contributed by atoms with Gasteiger partial charge in [-0.15, -0.1) is 0 Å². The first-order chi connectivity index (χ1) is 16.5. The quantitative estimate of drug-likeness (QED) is 0.461. The van der Waals surface area contributed by atoms with E-state index in [0.717, 1.165) is 22.4 Å². The van der Waals surface area contributed by atoms with E-state index in [2.05, 4.69) is 10.2 Å². The first-order valence-electron chi connectivity index (χ1n) is 10.8. The highest BCUT2D eigenvalue weighted by atomic mass is 32.1. The Kier molecular flexibility index (Phi) is 4.56. The lowest BCUT2D eigenvalue weighted by Crippen LogP contribution is -2.58. The fourth-order valence-corrected chi connectivity index (χ4v) is 5.90. The predicted molar refractivity (Wildman–Crippen MR) is 126 cm³/mol. The van der Waals surface area contributed by atoms with Gasteiger partial charge in [0.2, 0.25) is 5.72 Å². The normalized spacial score (nSPS) is 22.8. The van der Waals surface area contributed by atoms with Crippen LogP contribution in [0.1, 0.15) is 24.1 Å². The van der Waals surface area contributed by atoms with Crippen molar-refractivity contribution in [3.8, 4) is 17.0 Å². The van der Waals surface area contributed by atoms with E-state index < -0.39 is 23.7 Å². The maximum Gasteiger partial charge on any atom is 0.317 e. The fourth-order valence-electron chi connectivity index (χ4n) is 4.81. The summed E-state index contributed by atoms with van der Waals surface area (Å²) in [7, 11) is 1.34. The van der Waals surface area contributed by atoms with Gasteiger partial charge in [0.1, 0.15) is 11.7 Å². The highest BCUT2D eigenvalue weighted by Gasteiger charge is 2.55. The number of aromatic amines is 1. The molecule has 6 rings (SSSR count). The Balaban J connectivity index is 1.58. The van der Waals surface area contributed by atoms with Crippen LogP contribution in [-0.2, 0) is 9.53 Å². The zero-order valence-corrected chi connectivity index (χ0v) is 19.2. The van der Waals surface area contributed by atoms with E-state index >= 15 is 0 Å². The van der Waals surface area contributed by atoms with Gasteiger partial charge in [-0.2, -0.15) is 5.10 Å². The Morgan fingerprint density at radius 3 is 2.76 bits per heavy atom. The summed E-state index contributed by atoms with van der Waals surface area (Å²) >= 11 is 1.27. The molecule has 1 N–H and O–H groups in total. The smallest absolute Gasteiger partial charge is 0.317 e. The van der Waals surface area contributed by atoms with Gasteiger partial charge in [0, 0.05) is 16.7 Å². The zero-order valence-electron chi connectivity index (χ0n) is 18.4. The number of rotatable bonds is 3. The monoisotopic (exact) mass is 472 g/mol. The largest absolute Gasteiger partial charge is 0.469 e. The molecule has 0 saturated carbocycles. The molecule has 3 atom stereocenters. The lowest BCUT2D eigenvalue weighted by atomic mass is 9.81. The maximum atomic E-state index is 13.7. The minimum Gasteiger partial charge on any atom is -0.469 e. The number of carbonyl (C=O) groups excluding carboxylic acids is 1. The second-order valence-corrected chi connectivity index (χ2v) is 9.40. The van der Waals surface area contributed by atoms with Crippen molar-refractivity contribution >= 4 is 23.4 Å². The summed E-state index contributed by atoms with van der Waals surface area (Å²) in [4.78, 5) is 31.9. The number of nitrogens with zero attached hydrogens (tertiary/aromatic N) is 3. The number of aromatic nitrogens is 3. The third-order valence-electron chi connectivity index (χ3n) is 6.35. The molecule has 0 radical (unpaired) electrons. The van der Waals surface area contributed by atoms with Crippen LogP contribution in [0.4, 0.5) is 0 Å². The molecular weight excluding hydrogens is 452 g/mol. The molecule has 4 aromatic rings. The molecule has 0 spiro atoms. The van der Waals surface area contributed by atoms with Gasteiger partial charge in [-0.1, -0.05) is 59.9 Å². The van der Waals surface area contributed by atoms with Crippen LogP contribution in [0.2, 0.25) is 0 Å². The number of carbonyl (C=O) groups is 1. The third-order valence-corrected chi connectivity index (χ3v) is 7.34. The molecule has 0 saturated heterocycles. The van der Waals surface area contributed by atoms with Gasteiger partial charge in [-0.3, -0.25) is 19.3 Å². The van der Waals surface area contributed by atoms with E-state index in [1.807, 2.05) is 60.7 Å². The first kappa shape index (κ1) is 20.6. The standard InChI is InChI=1S/C25H20N4O4S/c1-25-19(23(31)32-2)21(16-10-6-7-11-17(16)33-25)29-22(30)18(34-24(29)27-25)12-15-13-26-28-20(15)14-8-4-3-5-9-14/h3-13,19,21H,1-2H3,(H,26,28)/b18-12-/t19-,21-,25+/m1/s1.